The Morgan fingerprint density at radius 1 is 1.02 bits per heavy atom. The lowest BCUT2D eigenvalue weighted by Gasteiger charge is -2.33. The van der Waals surface area contributed by atoms with Crippen LogP contribution in [0.15, 0.2) is 77.7 Å². The summed E-state index contributed by atoms with van der Waals surface area (Å²) in [7, 11) is -1.24. The predicted octanol–water partition coefficient (Wildman–Crippen LogP) is 2.91. The molecule has 2 heterocycles. The van der Waals surface area contributed by atoms with Crippen LogP contribution in [0.3, 0.4) is 0 Å². The lowest BCUT2D eigenvalue weighted by molar-refractivity contribution is -0.141. The van der Waals surface area contributed by atoms with Gasteiger partial charge in [-0.05, 0) is 60.4 Å². The van der Waals surface area contributed by atoms with Crippen LogP contribution in [0.25, 0.3) is 0 Å². The third-order valence-corrected chi connectivity index (χ3v) is 9.31. The third kappa shape index (κ3) is 6.35. The maximum Gasteiger partial charge on any atom is 0.269 e. The first-order chi connectivity index (χ1) is 20.7. The molecule has 3 aromatic carbocycles. The van der Waals surface area contributed by atoms with Crippen LogP contribution < -0.4 is 14.8 Å². The second-order valence-electron chi connectivity index (χ2n) is 10.2. The van der Waals surface area contributed by atoms with Crippen molar-refractivity contribution in [1.29, 1.82) is 0 Å². The number of carbonyl (C=O) groups is 3. The minimum atomic E-state index is -4.27. The van der Waals surface area contributed by atoms with E-state index in [1.165, 1.54) is 37.3 Å². The van der Waals surface area contributed by atoms with Gasteiger partial charge in [-0.3, -0.25) is 14.4 Å². The van der Waals surface area contributed by atoms with Crippen LogP contribution in [0.4, 0.5) is 0 Å². The van der Waals surface area contributed by atoms with E-state index in [9.17, 15) is 22.8 Å². The van der Waals surface area contributed by atoms with E-state index in [-0.39, 0.29) is 29.7 Å². The summed E-state index contributed by atoms with van der Waals surface area (Å²) in [5, 5.41) is 2.92. The average molecular weight is 608 g/mol. The maximum atomic E-state index is 14.2. The molecule has 0 saturated carbocycles. The van der Waals surface area contributed by atoms with Gasteiger partial charge in [0.05, 0.1) is 25.9 Å². The SMILES string of the molecule is COc1ccc(CN(C(=O)CN2C(=O)c3ccccc3S2(=O)=O)[C@H](C(=O)NC[C@H]2CCCO2)c2cccc(OC)c2)cc1. The van der Waals surface area contributed by atoms with Gasteiger partial charge in [0.2, 0.25) is 11.8 Å². The lowest BCUT2D eigenvalue weighted by atomic mass is 10.0. The van der Waals surface area contributed by atoms with Crippen molar-refractivity contribution in [2.45, 2.75) is 36.4 Å². The number of methoxy groups -OCH3 is 2. The summed E-state index contributed by atoms with van der Waals surface area (Å²) < 4.78 is 43.5. The van der Waals surface area contributed by atoms with Gasteiger partial charge in [0.15, 0.2) is 0 Å². The fourth-order valence-electron chi connectivity index (χ4n) is 5.25. The molecule has 2 aliphatic heterocycles. The molecule has 1 fully saturated rings. The zero-order chi connectivity index (χ0) is 30.6. The average Bonchev–Trinajstić information content (AvgIpc) is 3.61. The molecule has 0 unspecified atom stereocenters. The Hall–Kier alpha value is -4.42. The summed E-state index contributed by atoms with van der Waals surface area (Å²) in [5.41, 5.74) is 1.11. The number of amides is 3. The van der Waals surface area contributed by atoms with Crippen molar-refractivity contribution in [3.05, 3.63) is 89.5 Å². The molecule has 11 nitrogen and oxygen atoms in total. The summed E-state index contributed by atoms with van der Waals surface area (Å²) >= 11 is 0. The standard InChI is InChI=1S/C31H33N3O8S/c1-40-23-14-12-21(13-15-23)19-33(28(35)20-34-31(37)26-10-3-4-11-27(26)43(34,38)39)29(22-7-5-8-24(17-22)41-2)30(36)32-18-25-9-6-16-42-25/h3-5,7-8,10-15,17,25,29H,6,9,16,18-20H2,1-2H3,(H,32,36)/t25-,29+/m1/s1. The molecule has 5 rings (SSSR count). The van der Waals surface area contributed by atoms with Gasteiger partial charge < -0.3 is 24.4 Å². The van der Waals surface area contributed by atoms with E-state index in [4.69, 9.17) is 14.2 Å². The molecule has 3 amide bonds. The number of hydrogen-bond acceptors (Lipinski definition) is 8. The number of ether oxygens (including phenoxy) is 3. The first kappa shape index (κ1) is 30.1. The monoisotopic (exact) mass is 607 g/mol. The molecule has 0 aromatic heterocycles. The number of nitrogens with zero attached hydrogens (tertiary/aromatic N) is 2. The number of sulfonamides is 1. The van der Waals surface area contributed by atoms with E-state index in [1.54, 1.807) is 54.6 Å². The number of benzene rings is 3. The van der Waals surface area contributed by atoms with Crippen molar-refractivity contribution >= 4 is 27.7 Å². The summed E-state index contributed by atoms with van der Waals surface area (Å²) in [6.45, 7) is 0.0133. The van der Waals surface area contributed by atoms with E-state index < -0.39 is 40.3 Å². The molecule has 226 valence electrons. The second kappa shape index (κ2) is 12.8. The highest BCUT2D eigenvalue weighted by Gasteiger charge is 2.43. The van der Waals surface area contributed by atoms with Gasteiger partial charge in [-0.25, -0.2) is 12.7 Å². The Balaban J connectivity index is 1.52. The van der Waals surface area contributed by atoms with Crippen molar-refractivity contribution in [3.63, 3.8) is 0 Å². The van der Waals surface area contributed by atoms with Crippen molar-refractivity contribution < 1.29 is 37.0 Å². The Bertz CT molecular complexity index is 1600. The van der Waals surface area contributed by atoms with Crippen LogP contribution >= 0.6 is 0 Å². The van der Waals surface area contributed by atoms with Crippen LogP contribution in [0.2, 0.25) is 0 Å². The largest absolute Gasteiger partial charge is 0.497 e. The minimum absolute atomic E-state index is 0.00402. The molecule has 2 aliphatic rings. The molecule has 0 aliphatic carbocycles. The molecular weight excluding hydrogens is 574 g/mol. The maximum absolute atomic E-state index is 14.2. The first-order valence-corrected chi connectivity index (χ1v) is 15.3. The molecule has 0 radical (unpaired) electrons. The van der Waals surface area contributed by atoms with E-state index >= 15 is 0 Å². The van der Waals surface area contributed by atoms with Crippen LogP contribution in [-0.2, 0) is 30.9 Å². The number of carbonyl (C=O) groups excluding carboxylic acids is 3. The fraction of sp³-hybridized carbons (Fsp3) is 0.323. The first-order valence-electron chi connectivity index (χ1n) is 13.8. The van der Waals surface area contributed by atoms with Gasteiger partial charge >= 0.3 is 0 Å². The molecule has 0 spiro atoms. The summed E-state index contributed by atoms with van der Waals surface area (Å²) in [6.07, 6.45) is 1.54. The molecule has 3 aromatic rings. The topological polar surface area (TPSA) is 132 Å². The number of rotatable bonds is 11. The third-order valence-electron chi connectivity index (χ3n) is 7.52. The Kier molecular flexibility index (Phi) is 8.97. The van der Waals surface area contributed by atoms with Crippen molar-refractivity contribution in [3.8, 4) is 11.5 Å². The number of fused-ring (bicyclic) bond motifs is 1. The van der Waals surface area contributed by atoms with E-state index in [0.717, 1.165) is 12.8 Å². The quantitative estimate of drug-likeness (QED) is 0.352. The number of hydrogen-bond donors (Lipinski definition) is 1. The number of nitrogens with one attached hydrogen (secondary N) is 1. The predicted molar refractivity (Wildman–Crippen MR) is 156 cm³/mol. The van der Waals surface area contributed by atoms with Gasteiger partial charge in [-0.2, -0.15) is 0 Å². The van der Waals surface area contributed by atoms with Crippen LogP contribution in [0, 0.1) is 0 Å². The lowest BCUT2D eigenvalue weighted by Crippen LogP contribution is -2.48. The molecule has 1 saturated heterocycles. The zero-order valence-corrected chi connectivity index (χ0v) is 24.7. The van der Waals surface area contributed by atoms with Crippen molar-refractivity contribution in [2.24, 2.45) is 0 Å². The van der Waals surface area contributed by atoms with Gasteiger partial charge in [0.25, 0.3) is 15.9 Å². The second-order valence-corrected chi connectivity index (χ2v) is 12.1. The van der Waals surface area contributed by atoms with E-state index in [1.807, 2.05) is 0 Å². The highest BCUT2D eigenvalue weighted by atomic mass is 32.2. The van der Waals surface area contributed by atoms with Crippen molar-refractivity contribution in [2.75, 3.05) is 33.9 Å². The summed E-state index contributed by atoms with van der Waals surface area (Å²) in [4.78, 5) is 42.4. The Morgan fingerprint density at radius 2 is 1.77 bits per heavy atom. The molecule has 0 bridgehead atoms. The van der Waals surface area contributed by atoms with Crippen LogP contribution in [-0.4, -0.2) is 75.4 Å². The van der Waals surface area contributed by atoms with Gasteiger partial charge in [0.1, 0.15) is 29.0 Å². The molecule has 43 heavy (non-hydrogen) atoms. The van der Waals surface area contributed by atoms with E-state index in [2.05, 4.69) is 5.32 Å². The smallest absolute Gasteiger partial charge is 0.269 e. The molecule has 12 heteroatoms. The van der Waals surface area contributed by atoms with Crippen molar-refractivity contribution in [1.82, 2.24) is 14.5 Å². The van der Waals surface area contributed by atoms with Gasteiger partial charge in [-0.15, -0.1) is 0 Å². The fourth-order valence-corrected chi connectivity index (χ4v) is 6.77. The highest BCUT2D eigenvalue weighted by Crippen LogP contribution is 2.32. The molecular formula is C31H33N3O8S. The van der Waals surface area contributed by atoms with Crippen LogP contribution in [0.1, 0.15) is 40.4 Å². The van der Waals surface area contributed by atoms with Gasteiger partial charge in [0, 0.05) is 19.7 Å². The molecule has 2 atom stereocenters. The summed E-state index contributed by atoms with van der Waals surface area (Å²) in [6, 6.07) is 18.3. The highest BCUT2D eigenvalue weighted by molar-refractivity contribution is 7.90. The minimum Gasteiger partial charge on any atom is -0.497 e. The summed E-state index contributed by atoms with van der Waals surface area (Å²) in [5.74, 6) is -0.940. The Morgan fingerprint density at radius 3 is 2.44 bits per heavy atom. The van der Waals surface area contributed by atoms with Crippen LogP contribution in [0.5, 0.6) is 11.5 Å². The van der Waals surface area contributed by atoms with E-state index in [0.29, 0.717) is 33.5 Å². The Labute approximate surface area is 250 Å². The zero-order valence-electron chi connectivity index (χ0n) is 23.9. The normalized spacial score (nSPS) is 17.7. The van der Waals surface area contributed by atoms with Gasteiger partial charge in [-0.1, -0.05) is 36.4 Å². The molecule has 1 N–H and O–H groups in total.